The van der Waals surface area contributed by atoms with Crippen LogP contribution in [0.3, 0.4) is 0 Å². The number of carbonyl (C=O) groups is 1. The van der Waals surface area contributed by atoms with Crippen molar-refractivity contribution in [2.24, 2.45) is 0 Å². The molecule has 7 heteroatoms. The Hall–Kier alpha value is -2.83. The van der Waals surface area contributed by atoms with Gasteiger partial charge in [0.2, 0.25) is 5.91 Å². The number of nitrogens with zero attached hydrogens (tertiary/aromatic N) is 1. The first-order valence-electron chi connectivity index (χ1n) is 10.4. The van der Waals surface area contributed by atoms with Gasteiger partial charge in [-0.15, -0.1) is 0 Å². The Kier molecular flexibility index (Phi) is 7.59. The lowest BCUT2D eigenvalue weighted by Crippen LogP contribution is -2.42. The van der Waals surface area contributed by atoms with Crippen LogP contribution in [0, 0.1) is 13.8 Å². The monoisotopic (exact) mass is 470 g/mol. The van der Waals surface area contributed by atoms with E-state index in [1.807, 2.05) is 32.9 Å². The number of hydrogen-bond donors (Lipinski definition) is 1. The third-order valence-electron chi connectivity index (χ3n) is 5.28. The number of halogens is 1. The molecule has 1 atom stereocenters. The van der Waals surface area contributed by atoms with Gasteiger partial charge in [-0.1, -0.05) is 72.6 Å². The molecule has 0 aromatic heterocycles. The highest BCUT2D eigenvalue weighted by Crippen LogP contribution is 2.30. The Morgan fingerprint density at radius 1 is 1.00 bits per heavy atom. The highest BCUT2D eigenvalue weighted by molar-refractivity contribution is 7.92. The summed E-state index contributed by atoms with van der Waals surface area (Å²) in [5.41, 5.74) is 3.50. The summed E-state index contributed by atoms with van der Waals surface area (Å²) in [5.74, 6) is -0.406. The van der Waals surface area contributed by atoms with E-state index in [4.69, 9.17) is 11.6 Å². The van der Waals surface area contributed by atoms with Crippen LogP contribution in [-0.2, 0) is 14.8 Å². The van der Waals surface area contributed by atoms with E-state index in [9.17, 15) is 13.2 Å². The zero-order chi connectivity index (χ0) is 23.3. The van der Waals surface area contributed by atoms with E-state index in [0.29, 0.717) is 6.42 Å². The summed E-state index contributed by atoms with van der Waals surface area (Å²) in [6, 6.07) is 20.5. The molecule has 0 bridgehead atoms. The fraction of sp³-hybridized carbons (Fsp3) is 0.240. The first kappa shape index (κ1) is 23.8. The van der Waals surface area contributed by atoms with E-state index < -0.39 is 15.9 Å². The van der Waals surface area contributed by atoms with Gasteiger partial charge >= 0.3 is 0 Å². The highest BCUT2D eigenvalue weighted by Gasteiger charge is 2.29. The summed E-state index contributed by atoms with van der Waals surface area (Å²) in [4.78, 5) is 13.2. The van der Waals surface area contributed by atoms with Gasteiger partial charge in [0.15, 0.2) is 0 Å². The molecule has 0 aliphatic heterocycles. The number of rotatable bonds is 8. The van der Waals surface area contributed by atoms with Crippen LogP contribution in [-0.4, -0.2) is 20.9 Å². The summed E-state index contributed by atoms with van der Waals surface area (Å²) in [7, 11) is -4.00. The number of benzene rings is 3. The predicted octanol–water partition coefficient (Wildman–Crippen LogP) is 5.42. The largest absolute Gasteiger partial charge is 0.348 e. The second kappa shape index (κ2) is 10.2. The normalized spacial score (nSPS) is 12.2. The fourth-order valence-electron chi connectivity index (χ4n) is 3.66. The number of hydrogen-bond acceptors (Lipinski definition) is 3. The molecule has 0 radical (unpaired) electrons. The number of carbonyl (C=O) groups excluding carboxylic acids is 1. The molecular formula is C25H27ClN2O3S. The van der Waals surface area contributed by atoms with E-state index in [2.05, 4.69) is 11.4 Å². The van der Waals surface area contributed by atoms with Crippen LogP contribution in [0.15, 0.2) is 77.7 Å². The van der Waals surface area contributed by atoms with E-state index in [0.717, 1.165) is 21.0 Å². The molecular weight excluding hydrogens is 444 g/mol. The molecule has 0 saturated carbocycles. The molecule has 0 aliphatic carbocycles. The van der Waals surface area contributed by atoms with E-state index in [-0.39, 0.29) is 28.2 Å². The fourth-order valence-corrected chi connectivity index (χ4v) is 5.41. The van der Waals surface area contributed by atoms with Crippen LogP contribution in [0.5, 0.6) is 0 Å². The first-order chi connectivity index (χ1) is 15.2. The third kappa shape index (κ3) is 5.31. The van der Waals surface area contributed by atoms with Crippen molar-refractivity contribution in [3.8, 4) is 0 Å². The average Bonchev–Trinajstić information content (AvgIpc) is 2.77. The van der Waals surface area contributed by atoms with Crippen molar-refractivity contribution in [1.29, 1.82) is 0 Å². The number of anilines is 1. The van der Waals surface area contributed by atoms with E-state index in [1.54, 1.807) is 42.5 Å². The quantitative estimate of drug-likeness (QED) is 0.478. The smallest absolute Gasteiger partial charge is 0.264 e. The molecule has 1 N–H and O–H groups in total. The molecule has 168 valence electrons. The lowest BCUT2D eigenvalue weighted by Gasteiger charge is -2.26. The molecule has 3 aromatic carbocycles. The number of sulfonamides is 1. The van der Waals surface area contributed by atoms with Gasteiger partial charge in [-0.3, -0.25) is 9.10 Å². The van der Waals surface area contributed by atoms with Crippen molar-refractivity contribution < 1.29 is 13.2 Å². The van der Waals surface area contributed by atoms with Gasteiger partial charge in [0.25, 0.3) is 10.0 Å². The van der Waals surface area contributed by atoms with E-state index in [1.165, 1.54) is 12.1 Å². The lowest BCUT2D eigenvalue weighted by atomic mass is 9.97. The Balaban J connectivity index is 1.93. The Bertz CT molecular complexity index is 1200. The second-order valence-electron chi connectivity index (χ2n) is 7.66. The summed E-state index contributed by atoms with van der Waals surface area (Å²) in [5, 5.41) is 3.25. The van der Waals surface area contributed by atoms with Crippen LogP contribution in [0.25, 0.3) is 0 Å². The Morgan fingerprint density at radius 2 is 1.66 bits per heavy atom. The van der Waals surface area contributed by atoms with Crippen LogP contribution < -0.4 is 9.62 Å². The van der Waals surface area contributed by atoms with Gasteiger partial charge in [0.05, 0.1) is 21.6 Å². The van der Waals surface area contributed by atoms with Gasteiger partial charge in [-0.2, -0.15) is 0 Å². The third-order valence-corrected chi connectivity index (χ3v) is 7.38. The summed E-state index contributed by atoms with van der Waals surface area (Å²) >= 11 is 6.32. The van der Waals surface area contributed by atoms with Crippen LogP contribution in [0.2, 0.25) is 5.02 Å². The second-order valence-corrected chi connectivity index (χ2v) is 9.93. The van der Waals surface area contributed by atoms with Crippen molar-refractivity contribution in [2.45, 2.75) is 38.1 Å². The SMILES string of the molecule is CCC(NC(=O)CN(c1ccccc1Cl)S(=O)(=O)c1ccccc1)c1ccc(C)cc1C. The maximum atomic E-state index is 13.4. The molecule has 0 fully saturated rings. The standard InChI is InChI=1S/C25H27ClN2O3S/c1-4-23(21-15-14-18(2)16-19(21)3)27-25(29)17-28(24-13-9-8-12-22(24)26)32(30,31)20-10-6-5-7-11-20/h5-16,23H,4,17H2,1-3H3,(H,27,29). The molecule has 0 aliphatic rings. The zero-order valence-corrected chi connectivity index (χ0v) is 20.0. The molecule has 0 spiro atoms. The van der Waals surface area contributed by atoms with Gasteiger partial charge in [-0.25, -0.2) is 8.42 Å². The van der Waals surface area contributed by atoms with Crippen LogP contribution >= 0.6 is 11.6 Å². The molecule has 5 nitrogen and oxygen atoms in total. The number of para-hydroxylation sites is 1. The van der Waals surface area contributed by atoms with Crippen molar-refractivity contribution in [1.82, 2.24) is 5.32 Å². The molecule has 3 aromatic rings. The van der Waals surface area contributed by atoms with Crippen molar-refractivity contribution in [3.63, 3.8) is 0 Å². The molecule has 0 heterocycles. The van der Waals surface area contributed by atoms with Crippen molar-refractivity contribution >= 4 is 33.2 Å². The van der Waals surface area contributed by atoms with Crippen molar-refractivity contribution in [2.75, 3.05) is 10.8 Å². The highest BCUT2D eigenvalue weighted by atomic mass is 35.5. The van der Waals surface area contributed by atoms with Gasteiger partial charge in [0, 0.05) is 0 Å². The average molecular weight is 471 g/mol. The van der Waals surface area contributed by atoms with Gasteiger partial charge in [0.1, 0.15) is 6.54 Å². The van der Waals surface area contributed by atoms with Crippen LogP contribution in [0.4, 0.5) is 5.69 Å². The Morgan fingerprint density at radius 3 is 2.28 bits per heavy atom. The molecule has 32 heavy (non-hydrogen) atoms. The van der Waals surface area contributed by atoms with Crippen LogP contribution in [0.1, 0.15) is 36.1 Å². The molecule has 3 rings (SSSR count). The molecule has 0 saturated heterocycles. The summed E-state index contributed by atoms with van der Waals surface area (Å²) in [6.07, 6.45) is 0.674. The minimum atomic E-state index is -4.00. The summed E-state index contributed by atoms with van der Waals surface area (Å²) < 4.78 is 27.9. The van der Waals surface area contributed by atoms with E-state index >= 15 is 0 Å². The zero-order valence-electron chi connectivity index (χ0n) is 18.4. The number of aryl methyl sites for hydroxylation is 2. The molecule has 1 unspecified atom stereocenters. The lowest BCUT2D eigenvalue weighted by molar-refractivity contribution is -0.120. The Labute approximate surface area is 195 Å². The minimum absolute atomic E-state index is 0.0918. The maximum Gasteiger partial charge on any atom is 0.264 e. The molecule has 1 amide bonds. The topological polar surface area (TPSA) is 66.5 Å². The predicted molar refractivity (Wildman–Crippen MR) is 130 cm³/mol. The first-order valence-corrected chi connectivity index (χ1v) is 12.2. The van der Waals surface area contributed by atoms with Gasteiger partial charge < -0.3 is 5.32 Å². The number of amides is 1. The van der Waals surface area contributed by atoms with Crippen molar-refractivity contribution in [3.05, 3.63) is 94.5 Å². The minimum Gasteiger partial charge on any atom is -0.348 e. The number of nitrogens with one attached hydrogen (secondary N) is 1. The maximum absolute atomic E-state index is 13.4. The summed E-state index contributed by atoms with van der Waals surface area (Å²) in [6.45, 7) is 5.62. The van der Waals surface area contributed by atoms with Gasteiger partial charge in [-0.05, 0) is 55.7 Å².